The van der Waals surface area contributed by atoms with E-state index in [2.05, 4.69) is 0 Å². The number of Topliss-reactive ketones (excluding diaryl/α,β-unsaturated/α-hetero) is 1. The average Bonchev–Trinajstić information content (AvgIpc) is 3.19. The molecule has 1 aliphatic rings. The number of anilines is 1. The van der Waals surface area contributed by atoms with Crippen LogP contribution in [0, 0.1) is 13.8 Å². The number of ether oxygens (including phenoxy) is 1. The smallest absolute Gasteiger partial charge is 0.264 e. The molecule has 160 valence electrons. The predicted molar refractivity (Wildman–Crippen MR) is 117 cm³/mol. The lowest BCUT2D eigenvalue weighted by Crippen LogP contribution is -2.43. The van der Waals surface area contributed by atoms with Gasteiger partial charge in [-0.1, -0.05) is 29.8 Å². The lowest BCUT2D eigenvalue weighted by molar-refractivity contribution is -0.135. The third-order valence-electron chi connectivity index (χ3n) is 5.49. The van der Waals surface area contributed by atoms with Crippen LogP contribution >= 0.6 is 11.6 Å². The number of hydrogen-bond donors (Lipinski definition) is 1. The number of amides is 1. The Morgan fingerprint density at radius 1 is 1.16 bits per heavy atom. The van der Waals surface area contributed by atoms with E-state index < -0.39 is 11.5 Å². The molecule has 1 aromatic heterocycles. The number of ketones is 1. The van der Waals surface area contributed by atoms with Crippen LogP contribution in [0.5, 0.6) is 5.75 Å². The average molecular weight is 440 g/mol. The fourth-order valence-electron chi connectivity index (χ4n) is 3.99. The van der Waals surface area contributed by atoms with Gasteiger partial charge in [0.25, 0.3) is 5.91 Å². The molecule has 0 saturated heterocycles. The molecule has 3 aromatic rings. The van der Waals surface area contributed by atoms with Crippen LogP contribution in [-0.4, -0.2) is 29.9 Å². The number of carbonyl (C=O) groups excluding carboxylic acids is 2. The molecule has 0 unspecified atom stereocenters. The van der Waals surface area contributed by atoms with Crippen molar-refractivity contribution in [3.8, 4) is 5.75 Å². The molecular weight excluding hydrogens is 418 g/mol. The van der Waals surface area contributed by atoms with E-state index in [1.54, 1.807) is 62.4 Å². The first-order valence-electron chi connectivity index (χ1n) is 9.91. The maximum Gasteiger partial charge on any atom is 0.264 e. The van der Waals surface area contributed by atoms with E-state index in [1.807, 2.05) is 0 Å². The minimum Gasteiger partial charge on any atom is -0.492 e. The Morgan fingerprint density at radius 2 is 1.87 bits per heavy atom. The van der Waals surface area contributed by atoms with E-state index in [4.69, 9.17) is 20.8 Å². The summed E-state index contributed by atoms with van der Waals surface area (Å²) in [5.74, 6) is 0.216. The number of para-hydroxylation sites is 1. The van der Waals surface area contributed by atoms with Crippen molar-refractivity contribution in [2.75, 3.05) is 18.1 Å². The van der Waals surface area contributed by atoms with Crippen molar-refractivity contribution < 1.29 is 23.8 Å². The van der Waals surface area contributed by atoms with Crippen molar-refractivity contribution in [1.29, 1.82) is 0 Å². The van der Waals surface area contributed by atoms with Crippen LogP contribution < -0.4 is 9.64 Å². The highest BCUT2D eigenvalue weighted by Crippen LogP contribution is 2.43. The molecule has 1 N–H and O–H groups in total. The topological polar surface area (TPSA) is 80.0 Å². The fraction of sp³-hybridized carbons (Fsp3) is 0.250. The maximum absolute atomic E-state index is 13.3. The third kappa shape index (κ3) is 3.84. The Labute approximate surface area is 185 Å². The minimum atomic E-state index is -1.94. The van der Waals surface area contributed by atoms with Crippen molar-refractivity contribution in [2.45, 2.75) is 25.9 Å². The van der Waals surface area contributed by atoms with E-state index in [-0.39, 0.29) is 25.4 Å². The lowest BCUT2D eigenvalue weighted by atomic mass is 9.87. The van der Waals surface area contributed by atoms with Crippen molar-refractivity contribution in [2.24, 2.45) is 0 Å². The first-order valence-corrected chi connectivity index (χ1v) is 10.3. The van der Waals surface area contributed by atoms with E-state index >= 15 is 0 Å². The van der Waals surface area contributed by atoms with Crippen LogP contribution in [0.25, 0.3) is 0 Å². The van der Waals surface area contributed by atoms with E-state index in [0.717, 1.165) is 0 Å². The summed E-state index contributed by atoms with van der Waals surface area (Å²) >= 11 is 5.88. The summed E-state index contributed by atoms with van der Waals surface area (Å²) < 4.78 is 11.0. The van der Waals surface area contributed by atoms with Gasteiger partial charge in [0, 0.05) is 10.6 Å². The number of nitrogens with zero attached hydrogens (tertiary/aromatic N) is 1. The number of hydrogen-bond acceptors (Lipinski definition) is 5. The summed E-state index contributed by atoms with van der Waals surface area (Å²) in [7, 11) is 0. The Balaban J connectivity index is 1.55. The van der Waals surface area contributed by atoms with Crippen LogP contribution in [-0.2, 0) is 10.4 Å². The van der Waals surface area contributed by atoms with Gasteiger partial charge in [-0.15, -0.1) is 0 Å². The van der Waals surface area contributed by atoms with Gasteiger partial charge >= 0.3 is 0 Å². The summed E-state index contributed by atoms with van der Waals surface area (Å²) in [5, 5.41) is 12.0. The van der Waals surface area contributed by atoms with Crippen LogP contribution in [0.2, 0.25) is 5.02 Å². The first-order chi connectivity index (χ1) is 14.8. The number of rotatable bonds is 7. The monoisotopic (exact) mass is 439 g/mol. The standard InChI is InChI=1S/C24H22ClNO5/c1-15-14-31-16(2)22(15)21(27)13-24(29)19-5-3-4-6-20(19)26(23(24)28)11-12-30-18-9-7-17(25)8-10-18/h3-10,14,29H,11-13H2,1-2H3/t24-/m0/s1. The summed E-state index contributed by atoms with van der Waals surface area (Å²) in [5.41, 5.74) is 0.132. The predicted octanol–water partition coefficient (Wildman–Crippen LogP) is 4.44. The van der Waals surface area contributed by atoms with Crippen LogP contribution in [0.1, 0.15) is 33.7 Å². The summed E-state index contributed by atoms with van der Waals surface area (Å²) in [6, 6.07) is 13.9. The van der Waals surface area contributed by atoms with E-state index in [9.17, 15) is 14.7 Å². The molecule has 0 radical (unpaired) electrons. The number of fused-ring (bicyclic) bond motifs is 1. The molecule has 6 nitrogen and oxygen atoms in total. The summed E-state index contributed by atoms with van der Waals surface area (Å²) in [6.07, 6.45) is 1.13. The zero-order valence-electron chi connectivity index (χ0n) is 17.2. The molecule has 4 rings (SSSR count). The number of aliphatic hydroxyl groups is 1. The van der Waals surface area contributed by atoms with Gasteiger partial charge in [-0.3, -0.25) is 9.59 Å². The van der Waals surface area contributed by atoms with E-state index in [0.29, 0.717) is 38.9 Å². The Bertz CT molecular complexity index is 1120. The first kappa shape index (κ1) is 21.2. The van der Waals surface area contributed by atoms with Crippen molar-refractivity contribution in [3.63, 3.8) is 0 Å². The second kappa shape index (κ2) is 8.21. The highest BCUT2D eigenvalue weighted by Gasteiger charge is 2.51. The Kier molecular flexibility index (Phi) is 5.60. The normalized spacial score (nSPS) is 17.7. The van der Waals surface area contributed by atoms with Gasteiger partial charge in [0.1, 0.15) is 18.1 Å². The number of furan rings is 1. The SMILES string of the molecule is Cc1coc(C)c1C(=O)C[C@@]1(O)C(=O)N(CCOc2ccc(Cl)cc2)c2ccccc21. The molecular formula is C24H22ClNO5. The van der Waals surface area contributed by atoms with Gasteiger partial charge in [0.2, 0.25) is 0 Å². The maximum atomic E-state index is 13.3. The third-order valence-corrected chi connectivity index (χ3v) is 5.74. The van der Waals surface area contributed by atoms with Crippen LogP contribution in [0.4, 0.5) is 5.69 Å². The highest BCUT2D eigenvalue weighted by molar-refractivity contribution is 6.30. The highest BCUT2D eigenvalue weighted by atomic mass is 35.5. The molecule has 0 aliphatic carbocycles. The minimum absolute atomic E-state index is 0.214. The fourth-order valence-corrected chi connectivity index (χ4v) is 4.12. The number of benzene rings is 2. The zero-order valence-corrected chi connectivity index (χ0v) is 18.0. The quantitative estimate of drug-likeness (QED) is 0.550. The summed E-state index contributed by atoms with van der Waals surface area (Å²) in [6.45, 7) is 3.89. The molecule has 2 heterocycles. The van der Waals surface area contributed by atoms with Crippen molar-refractivity contribution >= 4 is 29.0 Å². The molecule has 1 aliphatic heterocycles. The Hall–Kier alpha value is -3.09. The zero-order chi connectivity index (χ0) is 22.2. The van der Waals surface area contributed by atoms with Crippen LogP contribution in [0.3, 0.4) is 0 Å². The molecule has 1 atom stereocenters. The molecule has 0 fully saturated rings. The van der Waals surface area contributed by atoms with Gasteiger partial charge in [-0.05, 0) is 49.7 Å². The van der Waals surface area contributed by atoms with Gasteiger partial charge < -0.3 is 19.2 Å². The van der Waals surface area contributed by atoms with Crippen LogP contribution in [0.15, 0.2) is 59.2 Å². The molecule has 0 spiro atoms. The van der Waals surface area contributed by atoms with Gasteiger partial charge in [0.15, 0.2) is 11.4 Å². The number of aryl methyl sites for hydroxylation is 2. The van der Waals surface area contributed by atoms with Gasteiger partial charge in [-0.25, -0.2) is 0 Å². The van der Waals surface area contributed by atoms with Crippen molar-refractivity contribution in [3.05, 3.63) is 82.3 Å². The molecule has 0 bridgehead atoms. The lowest BCUT2D eigenvalue weighted by Gasteiger charge is -2.23. The molecule has 1 amide bonds. The Morgan fingerprint density at radius 3 is 2.55 bits per heavy atom. The number of carbonyl (C=O) groups is 2. The van der Waals surface area contributed by atoms with Crippen molar-refractivity contribution in [1.82, 2.24) is 0 Å². The second-order valence-corrected chi connectivity index (χ2v) is 8.02. The number of halogens is 1. The van der Waals surface area contributed by atoms with E-state index in [1.165, 1.54) is 11.2 Å². The van der Waals surface area contributed by atoms with Gasteiger partial charge in [0.05, 0.1) is 30.5 Å². The molecule has 2 aromatic carbocycles. The molecule has 31 heavy (non-hydrogen) atoms. The van der Waals surface area contributed by atoms with Gasteiger partial charge in [-0.2, -0.15) is 0 Å². The second-order valence-electron chi connectivity index (χ2n) is 7.59. The summed E-state index contributed by atoms with van der Waals surface area (Å²) in [4.78, 5) is 27.7. The largest absolute Gasteiger partial charge is 0.492 e. The molecule has 7 heteroatoms. The molecule has 0 saturated carbocycles.